The quantitative estimate of drug-likeness (QED) is 0.294. The Balaban J connectivity index is 2.22. The maximum absolute atomic E-state index is 11.0. The van der Waals surface area contributed by atoms with Crippen molar-refractivity contribution in [2.24, 2.45) is 10.7 Å². The Bertz CT molecular complexity index is 589. The number of nitro groups is 1. The molecular weight excluding hydrogens is 294 g/mol. The minimum atomic E-state index is -0.432. The summed E-state index contributed by atoms with van der Waals surface area (Å²) in [5.41, 5.74) is 7.15. The molecule has 7 nitrogen and oxygen atoms in total. The lowest BCUT2D eigenvalue weighted by atomic mass is 10.1. The lowest BCUT2D eigenvalue weighted by molar-refractivity contribution is -0.385. The number of hydrogen-bond acceptors (Lipinski definition) is 6. The molecule has 112 valence electrons. The van der Waals surface area contributed by atoms with E-state index in [1.807, 2.05) is 0 Å². The summed E-state index contributed by atoms with van der Waals surface area (Å²) in [6, 6.07) is 2.97. The Morgan fingerprint density at radius 2 is 2.43 bits per heavy atom. The number of nitrogens with zero attached hydrogens (tertiary/aromatic N) is 2. The molecule has 2 rings (SSSR count). The standard InChI is InChI=1S/C13H15N3O4S/c1-2-3-15-13(14)21-7-10-5-11(16(17)18)4-9-6-19-8-20-12(9)10/h2,4-5H,1,3,6-8H2,(H2,14,15). The van der Waals surface area contributed by atoms with Gasteiger partial charge in [0.05, 0.1) is 18.1 Å². The number of rotatable bonds is 5. The number of amidine groups is 1. The van der Waals surface area contributed by atoms with E-state index < -0.39 is 4.92 Å². The van der Waals surface area contributed by atoms with Crippen LogP contribution < -0.4 is 10.5 Å². The first-order valence-corrected chi connectivity index (χ1v) is 7.14. The Kier molecular flexibility index (Phi) is 5.18. The van der Waals surface area contributed by atoms with E-state index in [-0.39, 0.29) is 12.5 Å². The largest absolute Gasteiger partial charge is 0.467 e. The molecule has 1 aromatic carbocycles. The van der Waals surface area contributed by atoms with Crippen LogP contribution in [0.4, 0.5) is 5.69 Å². The SMILES string of the molecule is C=CCN=C(N)SCc1cc([N+](=O)[O-])cc2c1OCOC2. The topological polar surface area (TPSA) is 100.0 Å². The zero-order valence-corrected chi connectivity index (χ0v) is 12.1. The summed E-state index contributed by atoms with van der Waals surface area (Å²) >= 11 is 1.30. The van der Waals surface area contributed by atoms with E-state index in [4.69, 9.17) is 15.2 Å². The Hall–Kier alpha value is -2.06. The van der Waals surface area contributed by atoms with Crippen LogP contribution in [0.25, 0.3) is 0 Å². The number of fused-ring (bicyclic) bond motifs is 1. The van der Waals surface area contributed by atoms with Gasteiger partial charge in [-0.2, -0.15) is 0 Å². The molecule has 2 N–H and O–H groups in total. The highest BCUT2D eigenvalue weighted by molar-refractivity contribution is 8.13. The van der Waals surface area contributed by atoms with Gasteiger partial charge in [-0.1, -0.05) is 17.8 Å². The normalized spacial score (nSPS) is 14.2. The zero-order valence-electron chi connectivity index (χ0n) is 11.3. The van der Waals surface area contributed by atoms with Gasteiger partial charge in [-0.05, 0) is 0 Å². The van der Waals surface area contributed by atoms with E-state index in [1.165, 1.54) is 23.9 Å². The summed E-state index contributed by atoms with van der Waals surface area (Å²) in [6.45, 7) is 4.44. The van der Waals surface area contributed by atoms with Gasteiger partial charge in [0.1, 0.15) is 5.75 Å². The number of thioether (sulfide) groups is 1. The van der Waals surface area contributed by atoms with Gasteiger partial charge in [-0.3, -0.25) is 15.1 Å². The Labute approximate surface area is 126 Å². The molecule has 0 saturated heterocycles. The summed E-state index contributed by atoms with van der Waals surface area (Å²) in [6.07, 6.45) is 1.64. The minimum absolute atomic E-state index is 0.0139. The van der Waals surface area contributed by atoms with Gasteiger partial charge < -0.3 is 15.2 Å². The minimum Gasteiger partial charge on any atom is -0.467 e. The van der Waals surface area contributed by atoms with Crippen molar-refractivity contribution in [3.8, 4) is 5.75 Å². The van der Waals surface area contributed by atoms with Crippen molar-refractivity contribution in [3.63, 3.8) is 0 Å². The van der Waals surface area contributed by atoms with Crippen LogP contribution in [0, 0.1) is 10.1 Å². The first kappa shape index (κ1) is 15.3. The number of benzene rings is 1. The molecule has 0 radical (unpaired) electrons. The zero-order chi connectivity index (χ0) is 15.2. The molecule has 1 aliphatic rings. The number of non-ortho nitro benzene ring substituents is 1. The van der Waals surface area contributed by atoms with Crippen molar-refractivity contribution in [1.82, 2.24) is 0 Å². The van der Waals surface area contributed by atoms with E-state index in [0.29, 0.717) is 40.9 Å². The molecule has 0 unspecified atom stereocenters. The molecule has 0 aromatic heterocycles. The summed E-state index contributed by atoms with van der Waals surface area (Å²) in [4.78, 5) is 14.6. The Morgan fingerprint density at radius 3 is 3.14 bits per heavy atom. The van der Waals surface area contributed by atoms with Crippen molar-refractivity contribution in [2.45, 2.75) is 12.4 Å². The predicted octanol–water partition coefficient (Wildman–Crippen LogP) is 2.20. The Morgan fingerprint density at radius 1 is 1.62 bits per heavy atom. The summed E-state index contributed by atoms with van der Waals surface area (Å²) in [7, 11) is 0. The van der Waals surface area contributed by atoms with E-state index >= 15 is 0 Å². The molecular formula is C13H15N3O4S. The maximum atomic E-state index is 11.0. The van der Waals surface area contributed by atoms with Gasteiger partial charge in [0.25, 0.3) is 5.69 Å². The van der Waals surface area contributed by atoms with Gasteiger partial charge >= 0.3 is 0 Å². The fourth-order valence-corrected chi connectivity index (χ4v) is 2.53. The average molecular weight is 309 g/mol. The van der Waals surface area contributed by atoms with Crippen LogP contribution >= 0.6 is 11.8 Å². The first-order chi connectivity index (χ1) is 10.1. The summed E-state index contributed by atoms with van der Waals surface area (Å²) < 4.78 is 10.6. The molecule has 0 spiro atoms. The molecule has 8 heteroatoms. The van der Waals surface area contributed by atoms with Gasteiger partial charge in [0.15, 0.2) is 12.0 Å². The third kappa shape index (κ3) is 3.96. The number of aliphatic imine (C=N–C) groups is 1. The molecule has 1 heterocycles. The van der Waals surface area contributed by atoms with Crippen LogP contribution in [-0.4, -0.2) is 23.4 Å². The summed E-state index contributed by atoms with van der Waals surface area (Å²) in [5, 5.41) is 11.4. The van der Waals surface area contributed by atoms with Crippen molar-refractivity contribution in [1.29, 1.82) is 0 Å². The highest BCUT2D eigenvalue weighted by atomic mass is 32.2. The van der Waals surface area contributed by atoms with Crippen molar-refractivity contribution >= 4 is 22.6 Å². The van der Waals surface area contributed by atoms with Crippen molar-refractivity contribution in [2.75, 3.05) is 13.3 Å². The number of nitro benzene ring substituents is 1. The molecule has 0 atom stereocenters. The first-order valence-electron chi connectivity index (χ1n) is 6.16. The second kappa shape index (κ2) is 7.09. The fraction of sp³-hybridized carbons (Fsp3) is 0.308. The highest BCUT2D eigenvalue weighted by Crippen LogP contribution is 2.34. The molecule has 0 saturated carbocycles. The monoisotopic (exact) mass is 309 g/mol. The molecule has 21 heavy (non-hydrogen) atoms. The van der Waals surface area contributed by atoms with Gasteiger partial charge in [0.2, 0.25) is 0 Å². The van der Waals surface area contributed by atoms with Crippen LogP contribution in [0.2, 0.25) is 0 Å². The lowest BCUT2D eigenvalue weighted by Gasteiger charge is -2.20. The van der Waals surface area contributed by atoms with Crippen LogP contribution in [-0.2, 0) is 17.1 Å². The second-order valence-electron chi connectivity index (χ2n) is 4.22. The average Bonchev–Trinajstić information content (AvgIpc) is 2.50. The van der Waals surface area contributed by atoms with Crippen LogP contribution in [0.5, 0.6) is 5.75 Å². The predicted molar refractivity (Wildman–Crippen MR) is 81.4 cm³/mol. The van der Waals surface area contributed by atoms with E-state index in [9.17, 15) is 10.1 Å². The number of hydrogen-bond donors (Lipinski definition) is 1. The van der Waals surface area contributed by atoms with Crippen molar-refractivity contribution < 1.29 is 14.4 Å². The van der Waals surface area contributed by atoms with Crippen LogP contribution in [0.15, 0.2) is 29.8 Å². The summed E-state index contributed by atoms with van der Waals surface area (Å²) in [5.74, 6) is 1.08. The van der Waals surface area contributed by atoms with Gasteiger partial charge in [-0.25, -0.2) is 0 Å². The van der Waals surface area contributed by atoms with Crippen LogP contribution in [0.3, 0.4) is 0 Å². The van der Waals surface area contributed by atoms with Gasteiger partial charge in [0, 0.05) is 29.0 Å². The molecule has 1 aliphatic heterocycles. The third-order valence-corrected chi connectivity index (χ3v) is 3.61. The van der Waals surface area contributed by atoms with Crippen LogP contribution in [0.1, 0.15) is 11.1 Å². The molecule has 0 aliphatic carbocycles. The number of ether oxygens (including phenoxy) is 2. The molecule has 0 bridgehead atoms. The van der Waals surface area contributed by atoms with E-state index in [2.05, 4.69) is 11.6 Å². The maximum Gasteiger partial charge on any atom is 0.270 e. The smallest absolute Gasteiger partial charge is 0.270 e. The lowest BCUT2D eigenvalue weighted by Crippen LogP contribution is -2.14. The van der Waals surface area contributed by atoms with E-state index in [1.54, 1.807) is 6.08 Å². The second-order valence-corrected chi connectivity index (χ2v) is 5.21. The molecule has 0 fully saturated rings. The molecule has 0 amide bonds. The fourth-order valence-electron chi connectivity index (χ4n) is 1.85. The van der Waals surface area contributed by atoms with Gasteiger partial charge in [-0.15, -0.1) is 6.58 Å². The van der Waals surface area contributed by atoms with Crippen molar-refractivity contribution in [3.05, 3.63) is 46.0 Å². The van der Waals surface area contributed by atoms with E-state index in [0.717, 1.165) is 0 Å². The molecule has 1 aromatic rings. The third-order valence-electron chi connectivity index (χ3n) is 2.73. The number of nitrogens with two attached hydrogens (primary N) is 1. The highest BCUT2D eigenvalue weighted by Gasteiger charge is 2.21.